The summed E-state index contributed by atoms with van der Waals surface area (Å²) in [6.07, 6.45) is -3.54. The number of hydrogen-bond acceptors (Lipinski definition) is 4. The fourth-order valence-electron chi connectivity index (χ4n) is 3.52. The van der Waals surface area contributed by atoms with E-state index < -0.39 is 39.1 Å². The van der Waals surface area contributed by atoms with Crippen LogP contribution in [0.1, 0.15) is 12.6 Å². The fraction of sp³-hybridized carbons (Fsp3) is 0.174. The van der Waals surface area contributed by atoms with Crippen molar-refractivity contribution in [1.82, 2.24) is 9.55 Å². The molecule has 4 rings (SSSR count). The molecule has 2 N–H and O–H groups in total. The number of aryl methyl sites for hydroxylation is 1. The van der Waals surface area contributed by atoms with Gasteiger partial charge in [0, 0.05) is 36.1 Å². The molecule has 190 valence electrons. The van der Waals surface area contributed by atoms with Gasteiger partial charge < -0.3 is 14.3 Å². The van der Waals surface area contributed by atoms with E-state index >= 15 is 0 Å². The third kappa shape index (κ3) is 4.91. The average Bonchev–Trinajstić information content (AvgIpc) is 3.25. The summed E-state index contributed by atoms with van der Waals surface area (Å²) in [5.41, 5.74) is -1.95. The monoisotopic (exact) mass is 527 g/mol. The summed E-state index contributed by atoms with van der Waals surface area (Å²) in [5.74, 6) is -2.63. The number of fused-ring (bicyclic) bond motifs is 1. The summed E-state index contributed by atoms with van der Waals surface area (Å²) in [5, 5.41) is -0.277. The van der Waals surface area contributed by atoms with Crippen LogP contribution in [0, 0.1) is 11.6 Å². The SMILES string of the molecule is CCS(=O)(=O)Nc1ccc(Oc2ccc(F)cc2F)c(-c2cn(C)c(=O)c3cc(C(F)(F)F)[nH]c23)c1. The lowest BCUT2D eigenvalue weighted by Crippen LogP contribution is -2.16. The highest BCUT2D eigenvalue weighted by molar-refractivity contribution is 7.92. The molecule has 2 heterocycles. The molecule has 7 nitrogen and oxygen atoms in total. The molecule has 0 aliphatic rings. The van der Waals surface area contributed by atoms with E-state index in [9.17, 15) is 35.2 Å². The zero-order valence-corrected chi connectivity index (χ0v) is 19.5. The molecule has 36 heavy (non-hydrogen) atoms. The Morgan fingerprint density at radius 2 is 1.72 bits per heavy atom. The Kier molecular flexibility index (Phi) is 6.29. The van der Waals surface area contributed by atoms with Crippen LogP contribution in [0.25, 0.3) is 22.0 Å². The van der Waals surface area contributed by atoms with E-state index in [2.05, 4.69) is 9.71 Å². The number of pyridine rings is 1. The van der Waals surface area contributed by atoms with E-state index in [4.69, 9.17) is 4.74 Å². The van der Waals surface area contributed by atoms with Crippen molar-refractivity contribution in [3.05, 3.63) is 76.3 Å². The maximum atomic E-state index is 14.3. The molecule has 13 heteroatoms. The number of anilines is 1. The molecular weight excluding hydrogens is 509 g/mol. The minimum absolute atomic E-state index is 0.0335. The Labute approximate surface area is 201 Å². The van der Waals surface area contributed by atoms with Crippen molar-refractivity contribution >= 4 is 26.6 Å². The first-order valence-electron chi connectivity index (χ1n) is 10.4. The smallest absolute Gasteiger partial charge is 0.431 e. The molecule has 0 radical (unpaired) electrons. The predicted molar refractivity (Wildman–Crippen MR) is 123 cm³/mol. The molecule has 0 fully saturated rings. The first-order chi connectivity index (χ1) is 16.8. The van der Waals surface area contributed by atoms with Gasteiger partial charge in [0.1, 0.15) is 17.3 Å². The van der Waals surface area contributed by atoms with Crippen LogP contribution in [-0.4, -0.2) is 23.7 Å². The Morgan fingerprint density at radius 1 is 1.03 bits per heavy atom. The first kappa shape index (κ1) is 25.2. The molecule has 2 aromatic heterocycles. The predicted octanol–water partition coefficient (Wildman–Crippen LogP) is 5.38. The standard InChI is InChI=1S/C23H18F5N3O4S/c1-3-36(33,34)30-13-5-7-18(35-19-6-4-12(24)8-17(19)25)14(9-13)16-11-31(2)22(32)15-10-20(23(26,27)28)29-21(15)16/h4-11,29-30H,3H2,1-2H3. The number of aromatic amines is 1. The zero-order valence-electron chi connectivity index (χ0n) is 18.7. The largest absolute Gasteiger partial charge is 0.454 e. The van der Waals surface area contributed by atoms with E-state index in [-0.39, 0.29) is 45.0 Å². The summed E-state index contributed by atoms with van der Waals surface area (Å²) >= 11 is 0. The molecular formula is C23H18F5N3O4S. The molecule has 0 saturated heterocycles. The number of nitrogens with one attached hydrogen (secondary N) is 2. The quantitative estimate of drug-likeness (QED) is 0.329. The van der Waals surface area contributed by atoms with E-state index in [1.807, 2.05) is 0 Å². The van der Waals surface area contributed by atoms with E-state index in [1.165, 1.54) is 38.4 Å². The molecule has 0 atom stereocenters. The van der Waals surface area contributed by atoms with Gasteiger partial charge in [0.2, 0.25) is 10.0 Å². The Morgan fingerprint density at radius 3 is 2.36 bits per heavy atom. The molecule has 0 bridgehead atoms. The molecule has 0 aliphatic heterocycles. The second-order valence-electron chi connectivity index (χ2n) is 7.82. The van der Waals surface area contributed by atoms with Crippen LogP contribution in [0.3, 0.4) is 0 Å². The van der Waals surface area contributed by atoms with Gasteiger partial charge in [0.25, 0.3) is 5.56 Å². The summed E-state index contributed by atoms with van der Waals surface area (Å²) in [6.45, 7) is 1.41. The number of ether oxygens (including phenoxy) is 1. The normalized spacial score (nSPS) is 12.2. The number of nitrogens with zero attached hydrogens (tertiary/aromatic N) is 1. The van der Waals surface area contributed by atoms with Gasteiger partial charge in [0.05, 0.1) is 16.7 Å². The molecule has 0 aliphatic carbocycles. The van der Waals surface area contributed by atoms with Crippen LogP contribution in [0.5, 0.6) is 11.5 Å². The minimum atomic E-state index is -4.78. The number of aromatic nitrogens is 2. The molecule has 0 spiro atoms. The van der Waals surface area contributed by atoms with Gasteiger partial charge in [-0.15, -0.1) is 0 Å². The number of benzene rings is 2. The molecule has 4 aromatic rings. The van der Waals surface area contributed by atoms with Crippen molar-refractivity contribution in [1.29, 1.82) is 0 Å². The summed E-state index contributed by atoms with van der Waals surface area (Å²) in [4.78, 5) is 14.8. The van der Waals surface area contributed by atoms with Crippen LogP contribution < -0.4 is 15.0 Å². The summed E-state index contributed by atoms with van der Waals surface area (Å²) in [6, 6.07) is 7.09. The maximum absolute atomic E-state index is 14.3. The van der Waals surface area contributed by atoms with Gasteiger partial charge in [-0.1, -0.05) is 0 Å². The van der Waals surface area contributed by atoms with Crippen LogP contribution in [0.15, 0.2) is 53.5 Å². The van der Waals surface area contributed by atoms with Crippen molar-refractivity contribution in [3.63, 3.8) is 0 Å². The van der Waals surface area contributed by atoms with Crippen molar-refractivity contribution in [2.75, 3.05) is 10.5 Å². The Balaban J connectivity index is 1.98. The van der Waals surface area contributed by atoms with Gasteiger partial charge in [0.15, 0.2) is 11.6 Å². The highest BCUT2D eigenvalue weighted by Crippen LogP contribution is 2.40. The van der Waals surface area contributed by atoms with Crippen LogP contribution in [0.4, 0.5) is 27.6 Å². The summed E-state index contributed by atoms with van der Waals surface area (Å²) in [7, 11) is -2.40. The molecule has 0 unspecified atom stereocenters. The highest BCUT2D eigenvalue weighted by atomic mass is 32.2. The Hall–Kier alpha value is -3.87. The second kappa shape index (κ2) is 8.97. The van der Waals surface area contributed by atoms with Crippen molar-refractivity contribution in [2.45, 2.75) is 13.1 Å². The van der Waals surface area contributed by atoms with Gasteiger partial charge in [-0.2, -0.15) is 13.2 Å². The number of halogens is 5. The number of hydrogen-bond donors (Lipinski definition) is 2. The fourth-order valence-corrected chi connectivity index (χ4v) is 4.15. The molecule has 0 saturated carbocycles. The van der Waals surface area contributed by atoms with Crippen LogP contribution in [-0.2, 0) is 23.2 Å². The summed E-state index contributed by atoms with van der Waals surface area (Å²) < 4.78 is 101. The average molecular weight is 527 g/mol. The minimum Gasteiger partial charge on any atom is -0.454 e. The number of sulfonamides is 1. The van der Waals surface area contributed by atoms with Crippen molar-refractivity contribution in [2.24, 2.45) is 7.05 Å². The topological polar surface area (TPSA) is 93.2 Å². The third-order valence-corrected chi connectivity index (χ3v) is 6.61. The highest BCUT2D eigenvalue weighted by Gasteiger charge is 2.33. The number of rotatable bonds is 6. The Bertz CT molecular complexity index is 1640. The van der Waals surface area contributed by atoms with Gasteiger partial charge in [-0.3, -0.25) is 9.52 Å². The number of H-pyrrole nitrogens is 1. The number of alkyl halides is 3. The van der Waals surface area contributed by atoms with Gasteiger partial charge in [-0.05, 0) is 43.3 Å². The molecule has 2 aromatic carbocycles. The first-order valence-corrected chi connectivity index (χ1v) is 12.0. The lowest BCUT2D eigenvalue weighted by atomic mass is 10.0. The third-order valence-electron chi connectivity index (χ3n) is 5.30. The lowest BCUT2D eigenvalue weighted by molar-refractivity contribution is -0.140. The van der Waals surface area contributed by atoms with Crippen molar-refractivity contribution < 1.29 is 35.1 Å². The second-order valence-corrected chi connectivity index (χ2v) is 9.83. The van der Waals surface area contributed by atoms with E-state index in [0.29, 0.717) is 12.1 Å². The van der Waals surface area contributed by atoms with E-state index in [0.717, 1.165) is 16.7 Å². The van der Waals surface area contributed by atoms with Crippen LogP contribution in [0.2, 0.25) is 0 Å². The van der Waals surface area contributed by atoms with Gasteiger partial charge >= 0.3 is 6.18 Å². The molecule has 0 amide bonds. The lowest BCUT2D eigenvalue weighted by Gasteiger charge is -2.16. The maximum Gasteiger partial charge on any atom is 0.431 e. The van der Waals surface area contributed by atoms with Crippen LogP contribution >= 0.6 is 0 Å². The van der Waals surface area contributed by atoms with Gasteiger partial charge in [-0.25, -0.2) is 17.2 Å². The van der Waals surface area contributed by atoms with Crippen molar-refractivity contribution in [3.8, 4) is 22.6 Å². The van der Waals surface area contributed by atoms with E-state index in [1.54, 1.807) is 0 Å². The zero-order chi connectivity index (χ0) is 26.4.